The van der Waals surface area contributed by atoms with E-state index in [9.17, 15) is 0 Å². The molecule has 0 spiro atoms. The summed E-state index contributed by atoms with van der Waals surface area (Å²) in [6.07, 6.45) is 1.92. The molecule has 0 aromatic heterocycles. The molecule has 1 aliphatic rings. The van der Waals surface area contributed by atoms with E-state index in [4.69, 9.17) is 11.6 Å². The van der Waals surface area contributed by atoms with Gasteiger partial charge in [0.05, 0.1) is 0 Å². The maximum atomic E-state index is 5.77. The topological polar surface area (TPSA) is 12.0 Å². The Labute approximate surface area is 74.6 Å². The van der Waals surface area contributed by atoms with Crippen molar-refractivity contribution in [3.8, 4) is 0 Å². The number of hydrogen-bond acceptors (Lipinski definition) is 2. The Morgan fingerprint density at radius 3 is 3.00 bits per heavy atom. The van der Waals surface area contributed by atoms with E-state index < -0.39 is 0 Å². The van der Waals surface area contributed by atoms with Gasteiger partial charge in [-0.05, 0) is 29.7 Å². The third kappa shape index (κ3) is 1.37. The second-order valence-corrected chi connectivity index (χ2v) is 3.49. The Hall–Kier alpha value is -0.600. The van der Waals surface area contributed by atoms with Gasteiger partial charge < -0.3 is 4.72 Å². The van der Waals surface area contributed by atoms with E-state index in [-0.39, 0.29) is 0 Å². The van der Waals surface area contributed by atoms with Crippen LogP contribution in [0.15, 0.2) is 34.3 Å². The Bertz CT molecular complexity index is 309. The number of rotatable bonds is 0. The average molecular weight is 184 g/mol. The fourth-order valence-electron chi connectivity index (χ4n) is 0.962. The van der Waals surface area contributed by atoms with Gasteiger partial charge in [0, 0.05) is 4.90 Å². The number of fused-ring (bicyclic) bond motifs is 1. The van der Waals surface area contributed by atoms with Gasteiger partial charge in [0.2, 0.25) is 0 Å². The lowest BCUT2D eigenvalue weighted by Gasteiger charge is -2.12. The van der Waals surface area contributed by atoms with Crippen molar-refractivity contribution in [2.45, 2.75) is 4.90 Å². The molecular formula is C8H6ClNS. The van der Waals surface area contributed by atoms with Crippen molar-refractivity contribution in [3.05, 3.63) is 35.0 Å². The fourth-order valence-corrected chi connectivity index (χ4v) is 1.85. The Morgan fingerprint density at radius 1 is 1.27 bits per heavy atom. The summed E-state index contributed by atoms with van der Waals surface area (Å²) in [5.74, 6) is 0. The van der Waals surface area contributed by atoms with Gasteiger partial charge >= 0.3 is 0 Å². The highest BCUT2D eigenvalue weighted by atomic mass is 35.5. The van der Waals surface area contributed by atoms with Crippen LogP contribution in [0.4, 0.5) is 0 Å². The van der Waals surface area contributed by atoms with E-state index >= 15 is 0 Å². The predicted octanol–water partition coefficient (Wildman–Crippen LogP) is 2.83. The number of benzene rings is 1. The zero-order valence-electron chi connectivity index (χ0n) is 5.67. The number of nitrogens with one attached hydrogen (secondary N) is 1. The molecule has 1 aliphatic heterocycles. The summed E-state index contributed by atoms with van der Waals surface area (Å²) in [5, 5.41) is 0.689. The molecule has 0 saturated heterocycles. The summed E-state index contributed by atoms with van der Waals surface area (Å²) in [6.45, 7) is 0. The molecule has 0 aliphatic carbocycles. The van der Waals surface area contributed by atoms with Crippen molar-refractivity contribution >= 4 is 29.6 Å². The molecule has 1 aromatic carbocycles. The van der Waals surface area contributed by atoms with Crippen LogP contribution in [-0.4, -0.2) is 0 Å². The van der Waals surface area contributed by atoms with Crippen LogP contribution < -0.4 is 4.72 Å². The molecule has 3 heteroatoms. The molecule has 1 heterocycles. The Kier molecular flexibility index (Phi) is 1.80. The highest BCUT2D eigenvalue weighted by Crippen LogP contribution is 2.28. The average Bonchev–Trinajstić information content (AvgIpc) is 2.04. The minimum Gasteiger partial charge on any atom is -0.316 e. The largest absolute Gasteiger partial charge is 0.316 e. The van der Waals surface area contributed by atoms with E-state index in [1.165, 1.54) is 10.5 Å². The van der Waals surface area contributed by atoms with Crippen molar-refractivity contribution in [2.75, 3.05) is 0 Å². The van der Waals surface area contributed by atoms with E-state index in [0.717, 1.165) is 0 Å². The lowest BCUT2D eigenvalue weighted by atomic mass is 10.2. The molecule has 11 heavy (non-hydrogen) atoms. The van der Waals surface area contributed by atoms with Gasteiger partial charge in [-0.15, -0.1) is 0 Å². The summed E-state index contributed by atoms with van der Waals surface area (Å²) >= 11 is 7.32. The number of halogens is 1. The number of hydrogen-bond donors (Lipinski definition) is 1. The van der Waals surface area contributed by atoms with Gasteiger partial charge in [0.25, 0.3) is 0 Å². The van der Waals surface area contributed by atoms with Gasteiger partial charge in [-0.25, -0.2) is 0 Å². The van der Waals surface area contributed by atoms with E-state index in [1.807, 2.05) is 24.3 Å². The van der Waals surface area contributed by atoms with Crippen molar-refractivity contribution in [1.29, 1.82) is 0 Å². The van der Waals surface area contributed by atoms with Gasteiger partial charge in [0.15, 0.2) is 0 Å². The first-order valence-corrected chi connectivity index (χ1v) is 4.45. The lowest BCUT2D eigenvalue weighted by molar-refractivity contribution is 1.29. The molecule has 0 unspecified atom stereocenters. The van der Waals surface area contributed by atoms with Crippen molar-refractivity contribution in [1.82, 2.24) is 4.72 Å². The first kappa shape index (κ1) is 7.07. The van der Waals surface area contributed by atoms with Crippen molar-refractivity contribution in [2.24, 2.45) is 0 Å². The third-order valence-corrected chi connectivity index (χ3v) is 2.69. The van der Waals surface area contributed by atoms with Crippen molar-refractivity contribution < 1.29 is 0 Å². The Morgan fingerprint density at radius 2 is 2.09 bits per heavy atom. The van der Waals surface area contributed by atoms with Crippen LogP contribution in [0.3, 0.4) is 0 Å². The fraction of sp³-hybridized carbons (Fsp3) is 0. The molecule has 1 aromatic rings. The molecule has 56 valence electrons. The SMILES string of the molecule is ClC1=Cc2ccccc2SN1. The maximum Gasteiger partial charge on any atom is 0.113 e. The molecular weight excluding hydrogens is 178 g/mol. The summed E-state index contributed by atoms with van der Waals surface area (Å²) in [7, 11) is 0. The van der Waals surface area contributed by atoms with Crippen LogP contribution in [0.25, 0.3) is 6.08 Å². The quantitative estimate of drug-likeness (QED) is 0.491. The van der Waals surface area contributed by atoms with Crippen molar-refractivity contribution in [3.63, 3.8) is 0 Å². The molecule has 0 atom stereocenters. The zero-order valence-corrected chi connectivity index (χ0v) is 7.25. The van der Waals surface area contributed by atoms with E-state index in [0.29, 0.717) is 5.16 Å². The van der Waals surface area contributed by atoms with E-state index in [2.05, 4.69) is 10.8 Å². The van der Waals surface area contributed by atoms with E-state index in [1.54, 1.807) is 11.9 Å². The monoisotopic (exact) mass is 183 g/mol. The minimum atomic E-state index is 0.689. The minimum absolute atomic E-state index is 0.689. The van der Waals surface area contributed by atoms with Crippen LogP contribution in [-0.2, 0) is 0 Å². The summed E-state index contributed by atoms with van der Waals surface area (Å²) in [5.41, 5.74) is 1.18. The van der Waals surface area contributed by atoms with Crippen LogP contribution in [0.1, 0.15) is 5.56 Å². The molecule has 0 saturated carbocycles. The van der Waals surface area contributed by atoms with Crippen LogP contribution in [0.5, 0.6) is 0 Å². The highest BCUT2D eigenvalue weighted by molar-refractivity contribution is 7.97. The highest BCUT2D eigenvalue weighted by Gasteiger charge is 2.06. The molecule has 0 amide bonds. The molecule has 0 fully saturated rings. The normalized spacial score (nSPS) is 14.8. The zero-order chi connectivity index (χ0) is 7.68. The lowest BCUT2D eigenvalue weighted by Crippen LogP contribution is -2.02. The first-order chi connectivity index (χ1) is 5.36. The summed E-state index contributed by atoms with van der Waals surface area (Å²) in [6, 6.07) is 8.13. The van der Waals surface area contributed by atoms with Gasteiger partial charge in [0.1, 0.15) is 5.16 Å². The van der Waals surface area contributed by atoms with Crippen LogP contribution >= 0.6 is 23.5 Å². The molecule has 1 N–H and O–H groups in total. The van der Waals surface area contributed by atoms with Gasteiger partial charge in [-0.2, -0.15) is 0 Å². The smallest absolute Gasteiger partial charge is 0.113 e. The third-order valence-electron chi connectivity index (χ3n) is 1.46. The van der Waals surface area contributed by atoms with Crippen LogP contribution in [0, 0.1) is 0 Å². The standard InChI is InChI=1S/C8H6ClNS/c9-8-5-6-3-1-2-4-7(6)11-10-8/h1-5,10H. The first-order valence-electron chi connectivity index (χ1n) is 3.25. The molecule has 2 rings (SSSR count). The Balaban J connectivity index is 2.51. The molecule has 0 radical (unpaired) electrons. The second-order valence-electron chi connectivity index (χ2n) is 2.23. The molecule has 1 nitrogen and oxygen atoms in total. The van der Waals surface area contributed by atoms with Crippen LogP contribution in [0.2, 0.25) is 0 Å². The van der Waals surface area contributed by atoms with Gasteiger partial charge in [-0.3, -0.25) is 0 Å². The second kappa shape index (κ2) is 2.80. The summed E-state index contributed by atoms with van der Waals surface area (Å²) < 4.78 is 2.98. The summed E-state index contributed by atoms with van der Waals surface area (Å²) in [4.78, 5) is 1.22. The van der Waals surface area contributed by atoms with Gasteiger partial charge in [-0.1, -0.05) is 29.8 Å². The maximum absolute atomic E-state index is 5.77. The predicted molar refractivity (Wildman–Crippen MR) is 49.3 cm³/mol. The molecule has 0 bridgehead atoms.